The maximum atomic E-state index is 12.7. The number of aromatic nitrogens is 2. The first-order valence-corrected chi connectivity index (χ1v) is 10.3. The molecule has 6 heteroatoms. The minimum absolute atomic E-state index is 0.0605. The molecule has 28 heavy (non-hydrogen) atoms. The summed E-state index contributed by atoms with van der Waals surface area (Å²) in [6, 6.07) is 7.47. The van der Waals surface area contributed by atoms with Gasteiger partial charge in [-0.05, 0) is 44.7 Å². The maximum absolute atomic E-state index is 12.7. The highest BCUT2D eigenvalue weighted by molar-refractivity contribution is 5.85. The Morgan fingerprint density at radius 1 is 1.11 bits per heavy atom. The predicted octanol–water partition coefficient (Wildman–Crippen LogP) is 4.48. The molecule has 2 aromatic rings. The van der Waals surface area contributed by atoms with Crippen LogP contribution in [0.1, 0.15) is 65.7 Å². The number of hydrogen-bond donors (Lipinski definition) is 0. The number of ether oxygens (including phenoxy) is 2. The van der Waals surface area contributed by atoms with Crippen LogP contribution in [0, 0.1) is 0 Å². The van der Waals surface area contributed by atoms with E-state index >= 15 is 0 Å². The lowest BCUT2D eigenvalue weighted by Gasteiger charge is -2.13. The fourth-order valence-electron chi connectivity index (χ4n) is 3.20. The van der Waals surface area contributed by atoms with Crippen LogP contribution in [0.15, 0.2) is 29.1 Å². The van der Waals surface area contributed by atoms with Gasteiger partial charge in [0.1, 0.15) is 0 Å². The second-order valence-corrected chi connectivity index (χ2v) is 7.20. The highest BCUT2D eigenvalue weighted by atomic mass is 16.5. The topological polar surface area (TPSA) is 70.4 Å². The quantitative estimate of drug-likeness (QED) is 0.396. The molecule has 1 aromatic heterocycles. The van der Waals surface area contributed by atoms with Gasteiger partial charge in [0.15, 0.2) is 0 Å². The number of benzene rings is 1. The molecule has 0 N–H and O–H groups in total. The molecule has 0 spiro atoms. The Morgan fingerprint density at radius 3 is 2.57 bits per heavy atom. The molecule has 154 valence electrons. The van der Waals surface area contributed by atoms with E-state index in [0.29, 0.717) is 24.4 Å². The molecule has 1 atom stereocenters. The molecule has 0 fully saturated rings. The molecule has 0 saturated heterocycles. The van der Waals surface area contributed by atoms with Gasteiger partial charge in [-0.2, -0.15) is 0 Å². The Bertz CT molecular complexity index is 816. The number of carbonyl (C=O) groups is 1. The first-order chi connectivity index (χ1) is 13.5. The molecule has 6 nitrogen and oxygen atoms in total. The largest absolute Gasteiger partial charge is 0.476 e. The van der Waals surface area contributed by atoms with Crippen molar-refractivity contribution >= 4 is 16.7 Å². The number of esters is 1. The number of fused-ring (bicyclic) bond motifs is 1. The van der Waals surface area contributed by atoms with Gasteiger partial charge in [0, 0.05) is 13.5 Å². The second kappa shape index (κ2) is 11.5. The van der Waals surface area contributed by atoms with Crippen molar-refractivity contribution in [3.63, 3.8) is 0 Å². The number of aryl methyl sites for hydroxylation is 1. The van der Waals surface area contributed by atoms with Crippen LogP contribution < -0.4 is 10.3 Å². The van der Waals surface area contributed by atoms with E-state index in [0.717, 1.165) is 50.3 Å². The molecular formula is C22H32N2O4. The minimum Gasteiger partial charge on any atom is -0.476 e. The van der Waals surface area contributed by atoms with Crippen molar-refractivity contribution in [2.75, 3.05) is 6.61 Å². The molecule has 2 rings (SSSR count). The average molecular weight is 389 g/mol. The lowest BCUT2D eigenvalue weighted by molar-refractivity contribution is -0.145. The normalized spacial score (nSPS) is 12.1. The van der Waals surface area contributed by atoms with Crippen molar-refractivity contribution < 1.29 is 14.3 Å². The van der Waals surface area contributed by atoms with Crippen LogP contribution in [-0.4, -0.2) is 28.5 Å². The second-order valence-electron chi connectivity index (χ2n) is 7.20. The Morgan fingerprint density at radius 2 is 1.86 bits per heavy atom. The first kappa shape index (κ1) is 21.9. The first-order valence-electron chi connectivity index (χ1n) is 10.3. The van der Waals surface area contributed by atoms with Crippen LogP contribution in [0.25, 0.3) is 10.8 Å². The number of carbonyl (C=O) groups excluding carboxylic acids is 1. The third-order valence-corrected chi connectivity index (χ3v) is 4.67. The zero-order chi connectivity index (χ0) is 20.4. The van der Waals surface area contributed by atoms with Crippen LogP contribution >= 0.6 is 0 Å². The zero-order valence-electron chi connectivity index (χ0n) is 17.3. The van der Waals surface area contributed by atoms with E-state index in [1.165, 1.54) is 11.6 Å². The fraction of sp³-hybridized carbons (Fsp3) is 0.591. The van der Waals surface area contributed by atoms with Crippen molar-refractivity contribution in [1.29, 1.82) is 0 Å². The van der Waals surface area contributed by atoms with Gasteiger partial charge < -0.3 is 9.47 Å². The Kier molecular flexibility index (Phi) is 8.98. The smallest absolute Gasteiger partial charge is 0.302 e. The van der Waals surface area contributed by atoms with Gasteiger partial charge in [0.2, 0.25) is 5.88 Å². The standard InChI is InChI=1S/C22H32N2O4/c1-4-5-6-10-15-24-22(26)20-14-8-7-13-19(20)21(23-24)27-16-11-9-12-17(2)28-18(3)25/h7-8,13-14,17H,4-6,9-12,15-16H2,1-3H3/t17-/m1/s1. The van der Waals surface area contributed by atoms with Crippen LogP contribution in [-0.2, 0) is 16.1 Å². The summed E-state index contributed by atoms with van der Waals surface area (Å²) in [7, 11) is 0. The highest BCUT2D eigenvalue weighted by Gasteiger charge is 2.11. The SMILES string of the molecule is CCCCCCn1nc(OCCCC[C@@H](C)OC(C)=O)c2ccccc2c1=O. The highest BCUT2D eigenvalue weighted by Crippen LogP contribution is 2.20. The predicted molar refractivity (Wildman–Crippen MR) is 111 cm³/mol. The van der Waals surface area contributed by atoms with Gasteiger partial charge in [-0.1, -0.05) is 38.3 Å². The van der Waals surface area contributed by atoms with Gasteiger partial charge in [-0.25, -0.2) is 4.68 Å². The Labute approximate surface area is 166 Å². The molecule has 0 amide bonds. The molecule has 0 unspecified atom stereocenters. The van der Waals surface area contributed by atoms with E-state index < -0.39 is 0 Å². The lowest BCUT2D eigenvalue weighted by Crippen LogP contribution is -2.24. The van der Waals surface area contributed by atoms with E-state index in [2.05, 4.69) is 12.0 Å². The molecule has 1 aromatic carbocycles. The molecule has 1 heterocycles. The molecule has 0 aliphatic rings. The number of rotatable bonds is 12. The fourth-order valence-corrected chi connectivity index (χ4v) is 3.20. The van der Waals surface area contributed by atoms with E-state index in [1.807, 2.05) is 31.2 Å². The molecular weight excluding hydrogens is 356 g/mol. The van der Waals surface area contributed by atoms with Crippen molar-refractivity contribution in [2.45, 2.75) is 78.4 Å². The molecule has 0 bridgehead atoms. The van der Waals surface area contributed by atoms with Crippen LogP contribution in [0.2, 0.25) is 0 Å². The number of nitrogens with zero attached hydrogens (tertiary/aromatic N) is 2. The van der Waals surface area contributed by atoms with Crippen LogP contribution in [0.5, 0.6) is 5.88 Å². The van der Waals surface area contributed by atoms with Crippen molar-refractivity contribution in [3.05, 3.63) is 34.6 Å². The summed E-state index contributed by atoms with van der Waals surface area (Å²) >= 11 is 0. The summed E-state index contributed by atoms with van der Waals surface area (Å²) in [4.78, 5) is 23.6. The van der Waals surface area contributed by atoms with E-state index in [1.54, 1.807) is 0 Å². The van der Waals surface area contributed by atoms with Gasteiger partial charge in [-0.15, -0.1) is 5.10 Å². The van der Waals surface area contributed by atoms with Gasteiger partial charge >= 0.3 is 5.97 Å². The van der Waals surface area contributed by atoms with Gasteiger partial charge in [-0.3, -0.25) is 9.59 Å². The van der Waals surface area contributed by atoms with Crippen LogP contribution in [0.4, 0.5) is 0 Å². The zero-order valence-corrected chi connectivity index (χ0v) is 17.3. The summed E-state index contributed by atoms with van der Waals surface area (Å²) < 4.78 is 12.6. The molecule has 0 saturated carbocycles. The maximum Gasteiger partial charge on any atom is 0.302 e. The van der Waals surface area contributed by atoms with Gasteiger partial charge in [0.25, 0.3) is 5.56 Å². The summed E-state index contributed by atoms with van der Waals surface area (Å²) in [5, 5.41) is 5.88. The van der Waals surface area contributed by atoms with Gasteiger partial charge in [0.05, 0.1) is 23.5 Å². The number of unbranched alkanes of at least 4 members (excludes halogenated alkanes) is 4. The lowest BCUT2D eigenvalue weighted by atomic mass is 10.2. The number of hydrogen-bond acceptors (Lipinski definition) is 5. The van der Waals surface area contributed by atoms with Crippen molar-refractivity contribution in [1.82, 2.24) is 9.78 Å². The Balaban J connectivity index is 1.99. The third kappa shape index (κ3) is 6.66. The summed E-state index contributed by atoms with van der Waals surface area (Å²) in [5.41, 5.74) is -0.0605. The molecule has 0 aliphatic carbocycles. The third-order valence-electron chi connectivity index (χ3n) is 4.67. The van der Waals surface area contributed by atoms with E-state index in [9.17, 15) is 9.59 Å². The van der Waals surface area contributed by atoms with Crippen molar-refractivity contribution in [3.8, 4) is 5.88 Å². The van der Waals surface area contributed by atoms with E-state index in [4.69, 9.17) is 9.47 Å². The monoisotopic (exact) mass is 388 g/mol. The Hall–Kier alpha value is -2.37. The average Bonchev–Trinajstić information content (AvgIpc) is 2.67. The van der Waals surface area contributed by atoms with Crippen LogP contribution in [0.3, 0.4) is 0 Å². The minimum atomic E-state index is -0.249. The summed E-state index contributed by atoms with van der Waals surface area (Å²) in [6.07, 6.45) is 6.79. The summed E-state index contributed by atoms with van der Waals surface area (Å²) in [6.45, 7) is 6.61. The summed E-state index contributed by atoms with van der Waals surface area (Å²) in [5.74, 6) is 0.263. The van der Waals surface area contributed by atoms with Crippen molar-refractivity contribution in [2.24, 2.45) is 0 Å². The molecule has 0 radical (unpaired) electrons. The molecule has 0 aliphatic heterocycles. The van der Waals surface area contributed by atoms with E-state index in [-0.39, 0.29) is 17.6 Å².